The second kappa shape index (κ2) is 7.53. The van der Waals surface area contributed by atoms with Gasteiger partial charge in [-0.25, -0.2) is 9.78 Å². The number of carbonyl (C=O) groups is 1. The van der Waals surface area contributed by atoms with E-state index < -0.39 is 0 Å². The van der Waals surface area contributed by atoms with Crippen LogP contribution in [0.2, 0.25) is 0 Å². The van der Waals surface area contributed by atoms with E-state index in [9.17, 15) is 4.79 Å². The monoisotopic (exact) mass is 383 g/mol. The van der Waals surface area contributed by atoms with E-state index in [2.05, 4.69) is 20.4 Å². The van der Waals surface area contributed by atoms with Crippen LogP contribution in [-0.2, 0) is 6.42 Å². The van der Waals surface area contributed by atoms with Gasteiger partial charge in [0.25, 0.3) is 0 Å². The van der Waals surface area contributed by atoms with E-state index in [0.717, 1.165) is 59.0 Å². The predicted octanol–water partition coefficient (Wildman–Crippen LogP) is 3.27. The summed E-state index contributed by atoms with van der Waals surface area (Å²) in [6.45, 7) is 5.09. The molecular weight excluding hydrogens is 358 g/mol. The molecule has 2 aromatic heterocycles. The number of carbonyl (C=O) groups excluding carboxylic acids is 1. The molecule has 3 heterocycles. The topological polar surface area (TPSA) is 96.3 Å². The molecule has 0 bridgehead atoms. The third-order valence-electron chi connectivity index (χ3n) is 5.31. The number of nitrogens with zero attached hydrogens (tertiary/aromatic N) is 3. The number of H-pyrrole nitrogens is 1. The summed E-state index contributed by atoms with van der Waals surface area (Å²) >= 11 is 0. The molecule has 28 heavy (non-hydrogen) atoms. The molecule has 1 aliphatic rings. The van der Waals surface area contributed by atoms with Gasteiger partial charge in [-0.05, 0) is 38.8 Å². The van der Waals surface area contributed by atoms with Gasteiger partial charge in [-0.15, -0.1) is 0 Å². The number of benzene rings is 1. The summed E-state index contributed by atoms with van der Waals surface area (Å²) in [6, 6.07) is 5.70. The fourth-order valence-corrected chi connectivity index (χ4v) is 3.95. The van der Waals surface area contributed by atoms with E-state index in [-0.39, 0.29) is 12.1 Å². The number of urea groups is 1. The number of methoxy groups -OCH3 is 1. The molecule has 8 nitrogen and oxygen atoms in total. The number of hydrogen-bond donors (Lipinski definition) is 2. The summed E-state index contributed by atoms with van der Waals surface area (Å²) < 4.78 is 10.5. The average molecular weight is 383 g/mol. The molecule has 148 valence electrons. The highest BCUT2D eigenvalue weighted by molar-refractivity contribution is 5.77. The number of aromatic nitrogens is 3. The van der Waals surface area contributed by atoms with Crippen LogP contribution in [0.5, 0.6) is 5.75 Å². The zero-order chi connectivity index (χ0) is 19.7. The number of fused-ring (bicyclic) bond motifs is 1. The summed E-state index contributed by atoms with van der Waals surface area (Å²) in [4.78, 5) is 22.5. The molecule has 0 aliphatic carbocycles. The van der Waals surface area contributed by atoms with E-state index in [0.29, 0.717) is 13.0 Å². The van der Waals surface area contributed by atoms with Crippen LogP contribution < -0.4 is 10.1 Å². The molecule has 1 aromatic carbocycles. The molecule has 1 atom stereocenters. The van der Waals surface area contributed by atoms with Gasteiger partial charge in [0.1, 0.15) is 17.3 Å². The first-order chi connectivity index (χ1) is 13.6. The van der Waals surface area contributed by atoms with Crippen molar-refractivity contribution in [2.24, 2.45) is 0 Å². The number of ether oxygens (including phenoxy) is 1. The van der Waals surface area contributed by atoms with Crippen LogP contribution >= 0.6 is 0 Å². The Morgan fingerprint density at radius 1 is 1.43 bits per heavy atom. The molecule has 2 N–H and O–H groups in total. The Labute approximate surface area is 163 Å². The van der Waals surface area contributed by atoms with Crippen molar-refractivity contribution in [3.8, 4) is 5.75 Å². The Balaban J connectivity index is 1.37. The van der Waals surface area contributed by atoms with Crippen LogP contribution in [0.25, 0.3) is 11.0 Å². The molecule has 4 rings (SSSR count). The number of aromatic amines is 1. The first-order valence-corrected chi connectivity index (χ1v) is 9.56. The minimum Gasteiger partial charge on any atom is -0.497 e. The third kappa shape index (κ3) is 3.42. The molecule has 0 saturated carbocycles. The number of hydrogen-bond acceptors (Lipinski definition) is 5. The number of likely N-dealkylation sites (tertiary alicyclic amines) is 1. The number of aryl methyl sites for hydroxylation is 2. The van der Waals surface area contributed by atoms with Crippen LogP contribution in [0.4, 0.5) is 4.79 Å². The molecule has 1 unspecified atom stereocenters. The van der Waals surface area contributed by atoms with Gasteiger partial charge in [0.15, 0.2) is 0 Å². The zero-order valence-electron chi connectivity index (χ0n) is 16.4. The fraction of sp³-hybridized carbons (Fsp3) is 0.450. The first kappa shape index (κ1) is 18.3. The highest BCUT2D eigenvalue weighted by atomic mass is 16.5. The number of imidazole rings is 1. The summed E-state index contributed by atoms with van der Waals surface area (Å²) in [5.74, 6) is 2.42. The van der Waals surface area contributed by atoms with E-state index in [1.807, 2.05) is 36.9 Å². The average Bonchev–Trinajstić information content (AvgIpc) is 3.39. The van der Waals surface area contributed by atoms with E-state index >= 15 is 0 Å². The SMILES string of the molecule is COc1ccc2nc(CCNC(=O)N3CCCC3c3c(C)noc3C)[nH]c2c1. The summed E-state index contributed by atoms with van der Waals surface area (Å²) in [5, 5.41) is 7.06. The highest BCUT2D eigenvalue weighted by Crippen LogP contribution is 2.35. The summed E-state index contributed by atoms with van der Waals surface area (Å²) in [7, 11) is 1.64. The van der Waals surface area contributed by atoms with Crippen LogP contribution in [0.3, 0.4) is 0 Å². The number of amides is 2. The van der Waals surface area contributed by atoms with Gasteiger partial charge < -0.3 is 24.5 Å². The maximum Gasteiger partial charge on any atom is 0.317 e. The van der Waals surface area contributed by atoms with E-state index in [1.54, 1.807) is 7.11 Å². The van der Waals surface area contributed by atoms with E-state index in [4.69, 9.17) is 9.26 Å². The van der Waals surface area contributed by atoms with Crippen LogP contribution in [0.15, 0.2) is 22.7 Å². The lowest BCUT2D eigenvalue weighted by atomic mass is 10.0. The van der Waals surface area contributed by atoms with Gasteiger partial charge in [0, 0.05) is 31.1 Å². The van der Waals surface area contributed by atoms with Crippen LogP contribution in [0, 0.1) is 13.8 Å². The Kier molecular flexibility index (Phi) is 4.93. The quantitative estimate of drug-likeness (QED) is 0.705. The second-order valence-electron chi connectivity index (χ2n) is 7.14. The van der Waals surface area contributed by atoms with Gasteiger partial charge in [-0.3, -0.25) is 0 Å². The molecule has 1 fully saturated rings. The Morgan fingerprint density at radius 2 is 2.29 bits per heavy atom. The van der Waals surface area contributed by atoms with Crippen LogP contribution in [0.1, 0.15) is 41.7 Å². The van der Waals surface area contributed by atoms with Crippen molar-refractivity contribution in [1.82, 2.24) is 25.3 Å². The lowest BCUT2D eigenvalue weighted by molar-refractivity contribution is 0.192. The van der Waals surface area contributed by atoms with Gasteiger partial charge in [-0.2, -0.15) is 0 Å². The second-order valence-corrected chi connectivity index (χ2v) is 7.14. The standard InChI is InChI=1S/C20H25N5O3/c1-12-19(13(2)28-24-12)17-5-4-10-25(17)20(26)21-9-8-18-22-15-7-6-14(27-3)11-16(15)23-18/h6-7,11,17H,4-5,8-10H2,1-3H3,(H,21,26)(H,22,23). The molecule has 3 aromatic rings. The third-order valence-corrected chi connectivity index (χ3v) is 5.31. The van der Waals surface area contributed by atoms with Crippen LogP contribution in [-0.4, -0.2) is 46.3 Å². The minimum atomic E-state index is -0.0553. The number of rotatable bonds is 5. The van der Waals surface area contributed by atoms with Gasteiger partial charge in [-0.1, -0.05) is 5.16 Å². The Bertz CT molecular complexity index is 974. The summed E-state index contributed by atoms with van der Waals surface area (Å²) in [6.07, 6.45) is 2.54. The maximum absolute atomic E-state index is 12.7. The largest absolute Gasteiger partial charge is 0.497 e. The van der Waals surface area contributed by atoms with Crippen molar-refractivity contribution in [1.29, 1.82) is 0 Å². The fourth-order valence-electron chi connectivity index (χ4n) is 3.95. The summed E-state index contributed by atoms with van der Waals surface area (Å²) in [5.41, 5.74) is 3.72. The zero-order valence-corrected chi connectivity index (χ0v) is 16.4. The van der Waals surface area contributed by atoms with E-state index in [1.165, 1.54) is 0 Å². The molecule has 1 saturated heterocycles. The maximum atomic E-state index is 12.7. The Hall–Kier alpha value is -3.03. The minimum absolute atomic E-state index is 0.0323. The van der Waals surface area contributed by atoms with Crippen molar-refractivity contribution in [3.63, 3.8) is 0 Å². The predicted molar refractivity (Wildman–Crippen MR) is 104 cm³/mol. The van der Waals surface area contributed by atoms with Gasteiger partial charge in [0.2, 0.25) is 0 Å². The molecule has 8 heteroatoms. The van der Waals surface area contributed by atoms with Crippen molar-refractivity contribution in [2.75, 3.05) is 20.2 Å². The molecule has 2 amide bonds. The van der Waals surface area contributed by atoms with Gasteiger partial charge in [0.05, 0.1) is 29.9 Å². The van der Waals surface area contributed by atoms with Crippen molar-refractivity contribution in [2.45, 2.75) is 39.2 Å². The van der Waals surface area contributed by atoms with Crippen molar-refractivity contribution in [3.05, 3.63) is 41.0 Å². The highest BCUT2D eigenvalue weighted by Gasteiger charge is 2.33. The molecule has 0 spiro atoms. The molecule has 1 aliphatic heterocycles. The smallest absolute Gasteiger partial charge is 0.317 e. The Morgan fingerprint density at radius 3 is 3.04 bits per heavy atom. The number of nitrogens with one attached hydrogen (secondary N) is 2. The normalized spacial score (nSPS) is 16.7. The lowest BCUT2D eigenvalue weighted by Gasteiger charge is -2.25. The lowest BCUT2D eigenvalue weighted by Crippen LogP contribution is -2.40. The first-order valence-electron chi connectivity index (χ1n) is 9.56. The molecule has 0 radical (unpaired) electrons. The van der Waals surface area contributed by atoms with Gasteiger partial charge >= 0.3 is 6.03 Å². The van der Waals surface area contributed by atoms with Crippen molar-refractivity contribution >= 4 is 17.1 Å². The van der Waals surface area contributed by atoms with Crippen molar-refractivity contribution < 1.29 is 14.1 Å². The molecular formula is C20H25N5O3.